The molecule has 0 aliphatic carbocycles. The van der Waals surface area contributed by atoms with Crippen molar-refractivity contribution in [3.63, 3.8) is 0 Å². The Morgan fingerprint density at radius 2 is 2.00 bits per heavy atom. The third kappa shape index (κ3) is 4.90. The molecule has 1 atom stereocenters. The van der Waals surface area contributed by atoms with Crippen LogP contribution in [0.4, 0.5) is 0 Å². The number of nitrogens with two attached hydrogens (primary N) is 1. The van der Waals surface area contributed by atoms with Crippen molar-refractivity contribution >= 4 is 45.0 Å². The van der Waals surface area contributed by atoms with Gasteiger partial charge in [0.15, 0.2) is 5.84 Å². The molecule has 0 spiro atoms. The molecule has 3 N–H and O–H groups in total. The number of benzene rings is 1. The largest absolute Gasteiger partial charge is 0.380 e. The van der Waals surface area contributed by atoms with Gasteiger partial charge in [-0.25, -0.2) is 4.79 Å². The maximum atomic E-state index is 12.0. The smallest absolute Gasteiger partial charge is 0.356 e. The van der Waals surface area contributed by atoms with Gasteiger partial charge in [-0.05, 0) is 42.6 Å². The lowest BCUT2D eigenvalue weighted by molar-refractivity contribution is -0.145. The highest BCUT2D eigenvalue weighted by Gasteiger charge is 2.18. The zero-order valence-corrected chi connectivity index (χ0v) is 14.6. The molecule has 8 heteroatoms. The number of nitrogens with one attached hydrogen (secondary N) is 1. The molecule has 1 unspecified atom stereocenters. The van der Waals surface area contributed by atoms with Crippen molar-refractivity contribution in [2.75, 3.05) is 0 Å². The summed E-state index contributed by atoms with van der Waals surface area (Å²) in [6, 6.07) is 9.48. The molecule has 2 rings (SSSR count). The first-order chi connectivity index (χ1) is 11.0. The maximum Gasteiger partial charge on any atom is 0.356 e. The zero-order valence-electron chi connectivity index (χ0n) is 12.2. The molecule has 0 fully saturated rings. The molecule has 1 aromatic heterocycles. The molecule has 6 nitrogen and oxygen atoms in total. The molecule has 1 amide bonds. The molecule has 1 aromatic carbocycles. The van der Waals surface area contributed by atoms with Crippen LogP contribution in [-0.4, -0.2) is 23.8 Å². The highest BCUT2D eigenvalue weighted by molar-refractivity contribution is 9.10. The van der Waals surface area contributed by atoms with Crippen molar-refractivity contribution < 1.29 is 14.4 Å². The molecular formula is C15H14BrN3O3S. The quantitative estimate of drug-likeness (QED) is 0.352. The molecular weight excluding hydrogens is 382 g/mol. The van der Waals surface area contributed by atoms with Crippen LogP contribution in [0.15, 0.2) is 51.4 Å². The Labute approximate surface area is 145 Å². The fraction of sp³-hybridized carbons (Fsp3) is 0.133. The van der Waals surface area contributed by atoms with Gasteiger partial charge in [0.05, 0.1) is 4.88 Å². The van der Waals surface area contributed by atoms with Crippen LogP contribution >= 0.6 is 27.3 Å². The first kappa shape index (κ1) is 17.2. The number of hydrogen-bond acceptors (Lipinski definition) is 5. The Hall–Kier alpha value is -2.19. The highest BCUT2D eigenvalue weighted by Crippen LogP contribution is 2.11. The molecule has 0 aliphatic rings. The SMILES string of the molecule is CC(NC(=O)c1ccc(Br)cc1)C(=O)O/N=C(\N)c1cccs1. The minimum Gasteiger partial charge on any atom is -0.380 e. The average Bonchev–Trinajstić information content (AvgIpc) is 3.07. The predicted molar refractivity (Wildman–Crippen MR) is 92.2 cm³/mol. The molecule has 1 heterocycles. The lowest BCUT2D eigenvalue weighted by Crippen LogP contribution is -2.39. The van der Waals surface area contributed by atoms with Gasteiger partial charge in [0.25, 0.3) is 5.91 Å². The minimum absolute atomic E-state index is 0.111. The van der Waals surface area contributed by atoms with Gasteiger partial charge in [0.2, 0.25) is 0 Å². The molecule has 2 aromatic rings. The van der Waals surface area contributed by atoms with Crippen molar-refractivity contribution in [3.05, 3.63) is 56.7 Å². The van der Waals surface area contributed by atoms with E-state index in [2.05, 4.69) is 26.4 Å². The third-order valence-corrected chi connectivity index (χ3v) is 4.24. The second kappa shape index (κ2) is 7.89. The summed E-state index contributed by atoms with van der Waals surface area (Å²) in [5.74, 6) is -0.966. The number of amides is 1. The number of carbonyl (C=O) groups excluding carboxylic acids is 2. The van der Waals surface area contributed by atoms with Gasteiger partial charge in [0.1, 0.15) is 6.04 Å². The standard InChI is InChI=1S/C15H14BrN3O3S/c1-9(18-14(20)10-4-6-11(16)7-5-10)15(21)22-19-13(17)12-3-2-8-23-12/h2-9H,1H3,(H2,17,19)(H,18,20). The Morgan fingerprint density at radius 3 is 2.61 bits per heavy atom. The van der Waals surface area contributed by atoms with Crippen LogP contribution in [-0.2, 0) is 9.63 Å². The number of thiophene rings is 1. The number of halogens is 1. The van der Waals surface area contributed by atoms with Crippen LogP contribution in [0, 0.1) is 0 Å². The summed E-state index contributed by atoms with van der Waals surface area (Å²) in [6.45, 7) is 1.51. The number of oxime groups is 1. The lowest BCUT2D eigenvalue weighted by Gasteiger charge is -2.11. The molecule has 0 saturated carbocycles. The minimum atomic E-state index is -0.856. The van der Waals surface area contributed by atoms with E-state index < -0.39 is 12.0 Å². The summed E-state index contributed by atoms with van der Waals surface area (Å²) in [4.78, 5) is 29.3. The van der Waals surface area contributed by atoms with E-state index in [1.54, 1.807) is 30.3 Å². The molecule has 120 valence electrons. The summed E-state index contributed by atoms with van der Waals surface area (Å²) in [6.07, 6.45) is 0. The second-order valence-corrected chi connectivity index (χ2v) is 6.43. The van der Waals surface area contributed by atoms with Crippen molar-refractivity contribution in [2.24, 2.45) is 10.9 Å². The summed E-state index contributed by atoms with van der Waals surface area (Å²) in [7, 11) is 0. The van der Waals surface area contributed by atoms with E-state index >= 15 is 0 Å². The summed E-state index contributed by atoms with van der Waals surface area (Å²) < 4.78 is 0.861. The van der Waals surface area contributed by atoms with Crippen molar-refractivity contribution in [1.29, 1.82) is 0 Å². The van der Waals surface area contributed by atoms with Crippen LogP contribution in [0.25, 0.3) is 0 Å². The normalized spacial score (nSPS) is 12.5. The van der Waals surface area contributed by atoms with E-state index in [1.165, 1.54) is 18.3 Å². The number of rotatable bonds is 5. The Bertz CT molecular complexity index is 714. The fourth-order valence-corrected chi connectivity index (χ4v) is 2.47. The molecule has 23 heavy (non-hydrogen) atoms. The molecule has 0 bridgehead atoms. The summed E-state index contributed by atoms with van der Waals surface area (Å²) in [5.41, 5.74) is 6.13. The number of amidine groups is 1. The second-order valence-electron chi connectivity index (χ2n) is 4.57. The van der Waals surface area contributed by atoms with Crippen molar-refractivity contribution in [2.45, 2.75) is 13.0 Å². The van der Waals surface area contributed by atoms with Crippen LogP contribution in [0.2, 0.25) is 0 Å². The zero-order chi connectivity index (χ0) is 16.8. The summed E-state index contributed by atoms with van der Waals surface area (Å²) >= 11 is 4.67. The van der Waals surface area contributed by atoms with Gasteiger partial charge >= 0.3 is 5.97 Å². The Balaban J connectivity index is 1.91. The number of carbonyl (C=O) groups is 2. The lowest BCUT2D eigenvalue weighted by atomic mass is 10.2. The van der Waals surface area contributed by atoms with Gasteiger partial charge in [-0.3, -0.25) is 4.79 Å². The van der Waals surface area contributed by atoms with E-state index in [-0.39, 0.29) is 11.7 Å². The van der Waals surface area contributed by atoms with Gasteiger partial charge in [0, 0.05) is 10.0 Å². The van der Waals surface area contributed by atoms with Gasteiger partial charge in [-0.1, -0.05) is 27.2 Å². The van der Waals surface area contributed by atoms with Crippen LogP contribution in [0.5, 0.6) is 0 Å². The van der Waals surface area contributed by atoms with E-state index in [9.17, 15) is 9.59 Å². The van der Waals surface area contributed by atoms with Crippen molar-refractivity contribution in [3.8, 4) is 0 Å². The van der Waals surface area contributed by atoms with Crippen LogP contribution < -0.4 is 11.1 Å². The van der Waals surface area contributed by atoms with Gasteiger partial charge in [-0.2, -0.15) is 0 Å². The first-order valence-electron chi connectivity index (χ1n) is 6.62. The number of nitrogens with zero attached hydrogens (tertiary/aromatic N) is 1. The number of hydrogen-bond donors (Lipinski definition) is 2. The van der Waals surface area contributed by atoms with E-state index in [4.69, 9.17) is 10.6 Å². The van der Waals surface area contributed by atoms with Crippen molar-refractivity contribution in [1.82, 2.24) is 5.32 Å². The topological polar surface area (TPSA) is 93.8 Å². The van der Waals surface area contributed by atoms with E-state index in [1.807, 2.05) is 11.4 Å². The predicted octanol–water partition coefficient (Wildman–Crippen LogP) is 2.49. The van der Waals surface area contributed by atoms with Gasteiger partial charge in [-0.15, -0.1) is 11.3 Å². The molecule has 0 radical (unpaired) electrons. The van der Waals surface area contributed by atoms with Crippen LogP contribution in [0.3, 0.4) is 0 Å². The summed E-state index contributed by atoms with van der Waals surface area (Å²) in [5, 5.41) is 7.95. The fourth-order valence-electron chi connectivity index (χ4n) is 1.58. The Morgan fingerprint density at radius 1 is 1.30 bits per heavy atom. The van der Waals surface area contributed by atoms with Gasteiger partial charge < -0.3 is 15.9 Å². The van der Waals surface area contributed by atoms with Crippen LogP contribution in [0.1, 0.15) is 22.2 Å². The molecule has 0 aliphatic heterocycles. The molecule has 0 saturated heterocycles. The average molecular weight is 396 g/mol. The van der Waals surface area contributed by atoms with E-state index in [0.717, 1.165) is 4.47 Å². The monoisotopic (exact) mass is 395 g/mol. The Kier molecular flexibility index (Phi) is 5.89. The third-order valence-electron chi connectivity index (χ3n) is 2.82. The maximum absolute atomic E-state index is 12.0. The first-order valence-corrected chi connectivity index (χ1v) is 8.29. The van der Waals surface area contributed by atoms with E-state index in [0.29, 0.717) is 10.4 Å². The highest BCUT2D eigenvalue weighted by atomic mass is 79.9.